The van der Waals surface area contributed by atoms with Gasteiger partial charge in [0.2, 0.25) is 0 Å². The Balaban J connectivity index is 2.08. The van der Waals surface area contributed by atoms with E-state index in [1.165, 1.54) is 0 Å². The first kappa shape index (κ1) is 10.6. The van der Waals surface area contributed by atoms with Gasteiger partial charge in [0.15, 0.2) is 0 Å². The minimum atomic E-state index is 0.685. The van der Waals surface area contributed by atoms with Crippen LogP contribution in [0.2, 0.25) is 0 Å². The van der Waals surface area contributed by atoms with Crippen LogP contribution in [0.3, 0.4) is 0 Å². The number of rotatable bonds is 3. The van der Waals surface area contributed by atoms with Gasteiger partial charge in [0.25, 0.3) is 0 Å². The Morgan fingerprint density at radius 2 is 2.12 bits per heavy atom. The normalized spacial score (nSPS) is 10.4. The first-order valence-electron chi connectivity index (χ1n) is 5.21. The van der Waals surface area contributed by atoms with E-state index in [1.54, 1.807) is 6.20 Å². The molecule has 0 radical (unpaired) electrons. The van der Waals surface area contributed by atoms with Gasteiger partial charge in [-0.1, -0.05) is 0 Å². The molecule has 2 aromatic heterocycles. The van der Waals surface area contributed by atoms with Crippen molar-refractivity contribution in [2.75, 3.05) is 5.32 Å². The lowest BCUT2D eigenvalue weighted by Crippen LogP contribution is -2.04. The van der Waals surface area contributed by atoms with Crippen LogP contribution in [0.1, 0.15) is 22.9 Å². The van der Waals surface area contributed by atoms with E-state index in [0.717, 1.165) is 28.6 Å². The Morgan fingerprint density at radius 3 is 2.75 bits per heavy atom. The van der Waals surface area contributed by atoms with E-state index in [9.17, 15) is 0 Å². The number of anilines is 1. The second-order valence-electron chi connectivity index (χ2n) is 3.76. The van der Waals surface area contributed by atoms with Gasteiger partial charge >= 0.3 is 0 Å². The highest BCUT2D eigenvalue weighted by atomic mass is 15.1. The highest BCUT2D eigenvalue weighted by Crippen LogP contribution is 2.16. The molecule has 2 N–H and O–H groups in total. The monoisotopic (exact) mass is 217 g/mol. The Morgan fingerprint density at radius 1 is 1.31 bits per heavy atom. The minimum Gasteiger partial charge on any atom is -0.376 e. The molecule has 2 aromatic rings. The van der Waals surface area contributed by atoms with Gasteiger partial charge in [-0.15, -0.1) is 0 Å². The van der Waals surface area contributed by atoms with Crippen molar-refractivity contribution in [1.29, 1.82) is 0 Å². The van der Waals surface area contributed by atoms with Crippen molar-refractivity contribution in [1.82, 2.24) is 20.2 Å². The molecule has 16 heavy (non-hydrogen) atoms. The molecule has 0 atom stereocenters. The summed E-state index contributed by atoms with van der Waals surface area (Å²) in [6.45, 7) is 6.53. The maximum atomic E-state index is 4.33. The molecule has 0 unspecified atom stereocenters. The number of aromatic amines is 1. The SMILES string of the molecule is Cc1nccc(CNc2c(C)n[nH]c2C)n1. The molecule has 0 fully saturated rings. The zero-order chi connectivity index (χ0) is 11.5. The Kier molecular flexibility index (Phi) is 2.85. The predicted molar refractivity (Wildman–Crippen MR) is 62.2 cm³/mol. The van der Waals surface area contributed by atoms with Crippen molar-refractivity contribution in [2.45, 2.75) is 27.3 Å². The number of H-pyrrole nitrogens is 1. The van der Waals surface area contributed by atoms with Crippen LogP contribution < -0.4 is 5.32 Å². The van der Waals surface area contributed by atoms with Crippen LogP contribution in [0, 0.1) is 20.8 Å². The van der Waals surface area contributed by atoms with Crippen LogP contribution in [0.15, 0.2) is 12.3 Å². The first-order valence-corrected chi connectivity index (χ1v) is 5.21. The van der Waals surface area contributed by atoms with Crippen LogP contribution in [-0.2, 0) is 6.54 Å². The summed E-state index contributed by atoms with van der Waals surface area (Å²) in [7, 11) is 0. The topological polar surface area (TPSA) is 66.5 Å². The van der Waals surface area contributed by atoms with E-state index < -0.39 is 0 Å². The number of nitrogens with zero attached hydrogens (tertiary/aromatic N) is 3. The molecule has 0 aliphatic carbocycles. The van der Waals surface area contributed by atoms with E-state index in [0.29, 0.717) is 6.54 Å². The summed E-state index contributed by atoms with van der Waals surface area (Å²) in [5.41, 5.74) is 4.05. The van der Waals surface area contributed by atoms with Crippen LogP contribution in [0.5, 0.6) is 0 Å². The van der Waals surface area contributed by atoms with Gasteiger partial charge in [-0.05, 0) is 26.8 Å². The molecule has 0 aliphatic heterocycles. The van der Waals surface area contributed by atoms with Gasteiger partial charge in [0.1, 0.15) is 5.82 Å². The van der Waals surface area contributed by atoms with Gasteiger partial charge in [0.05, 0.1) is 29.3 Å². The summed E-state index contributed by atoms with van der Waals surface area (Å²) in [5.74, 6) is 0.792. The van der Waals surface area contributed by atoms with Crippen LogP contribution in [-0.4, -0.2) is 20.2 Å². The van der Waals surface area contributed by atoms with Gasteiger partial charge in [0, 0.05) is 6.20 Å². The standard InChI is InChI=1S/C11H15N5/c1-7-11(8(2)16-15-7)13-6-10-4-5-12-9(3)14-10/h4-5,13H,6H2,1-3H3,(H,15,16). The minimum absolute atomic E-state index is 0.685. The second kappa shape index (κ2) is 4.30. The molecule has 0 amide bonds. The zero-order valence-corrected chi connectivity index (χ0v) is 9.70. The second-order valence-corrected chi connectivity index (χ2v) is 3.76. The molecular weight excluding hydrogens is 202 g/mol. The number of nitrogens with one attached hydrogen (secondary N) is 2. The van der Waals surface area contributed by atoms with Gasteiger partial charge in [-0.3, -0.25) is 5.10 Å². The molecular formula is C11H15N5. The van der Waals surface area contributed by atoms with Crippen LogP contribution in [0.25, 0.3) is 0 Å². The maximum absolute atomic E-state index is 4.33. The van der Waals surface area contributed by atoms with E-state index in [2.05, 4.69) is 25.5 Å². The first-order chi connectivity index (χ1) is 7.66. The summed E-state index contributed by atoms with van der Waals surface area (Å²) >= 11 is 0. The zero-order valence-electron chi connectivity index (χ0n) is 9.70. The van der Waals surface area contributed by atoms with Crippen LogP contribution >= 0.6 is 0 Å². The van der Waals surface area contributed by atoms with Gasteiger partial charge in [-0.2, -0.15) is 5.10 Å². The molecule has 5 heteroatoms. The molecule has 0 saturated heterocycles. The number of hydrogen-bond acceptors (Lipinski definition) is 4. The van der Waals surface area contributed by atoms with Crippen molar-refractivity contribution in [2.24, 2.45) is 0 Å². The lowest BCUT2D eigenvalue weighted by atomic mass is 10.3. The molecule has 0 bridgehead atoms. The predicted octanol–water partition coefficient (Wildman–Crippen LogP) is 1.74. The molecule has 2 rings (SSSR count). The summed E-state index contributed by atoms with van der Waals surface area (Å²) in [6, 6.07) is 1.91. The fourth-order valence-electron chi connectivity index (χ4n) is 1.59. The van der Waals surface area contributed by atoms with E-state index in [-0.39, 0.29) is 0 Å². The number of hydrogen-bond donors (Lipinski definition) is 2. The summed E-state index contributed by atoms with van der Waals surface area (Å²) in [4.78, 5) is 8.39. The van der Waals surface area contributed by atoms with E-state index in [4.69, 9.17) is 0 Å². The fourth-order valence-corrected chi connectivity index (χ4v) is 1.59. The lowest BCUT2D eigenvalue weighted by Gasteiger charge is -2.05. The number of aryl methyl sites for hydroxylation is 3. The molecule has 0 aromatic carbocycles. The summed E-state index contributed by atoms with van der Waals surface area (Å²) in [6.07, 6.45) is 1.77. The third kappa shape index (κ3) is 2.18. The number of aromatic nitrogens is 4. The summed E-state index contributed by atoms with van der Waals surface area (Å²) in [5, 5.41) is 10.4. The Hall–Kier alpha value is -1.91. The molecule has 0 aliphatic rings. The lowest BCUT2D eigenvalue weighted by molar-refractivity contribution is 0.953. The maximum Gasteiger partial charge on any atom is 0.125 e. The van der Waals surface area contributed by atoms with Crippen molar-refractivity contribution in [3.63, 3.8) is 0 Å². The quantitative estimate of drug-likeness (QED) is 0.821. The molecule has 2 heterocycles. The molecule has 0 spiro atoms. The molecule has 84 valence electrons. The average Bonchev–Trinajstić information content (AvgIpc) is 2.56. The van der Waals surface area contributed by atoms with Crippen molar-refractivity contribution >= 4 is 5.69 Å². The van der Waals surface area contributed by atoms with E-state index in [1.807, 2.05) is 26.8 Å². The van der Waals surface area contributed by atoms with Gasteiger partial charge < -0.3 is 5.32 Å². The highest BCUT2D eigenvalue weighted by molar-refractivity contribution is 5.51. The average molecular weight is 217 g/mol. The molecule has 0 saturated carbocycles. The highest BCUT2D eigenvalue weighted by Gasteiger charge is 2.05. The third-order valence-electron chi connectivity index (χ3n) is 2.41. The fraction of sp³-hybridized carbons (Fsp3) is 0.364. The van der Waals surface area contributed by atoms with E-state index >= 15 is 0 Å². The van der Waals surface area contributed by atoms with Crippen molar-refractivity contribution in [3.8, 4) is 0 Å². The smallest absolute Gasteiger partial charge is 0.125 e. The Labute approximate surface area is 94.3 Å². The van der Waals surface area contributed by atoms with Crippen molar-refractivity contribution < 1.29 is 0 Å². The van der Waals surface area contributed by atoms with Gasteiger partial charge in [-0.25, -0.2) is 9.97 Å². The van der Waals surface area contributed by atoms with Crippen molar-refractivity contribution in [3.05, 3.63) is 35.2 Å². The Bertz CT molecular complexity index is 469. The third-order valence-corrected chi connectivity index (χ3v) is 2.41. The molecule has 5 nitrogen and oxygen atoms in total. The summed E-state index contributed by atoms with van der Waals surface area (Å²) < 4.78 is 0. The largest absolute Gasteiger partial charge is 0.376 e. The van der Waals surface area contributed by atoms with Crippen LogP contribution in [0.4, 0.5) is 5.69 Å².